The van der Waals surface area contributed by atoms with Crippen molar-refractivity contribution in [1.29, 1.82) is 0 Å². The van der Waals surface area contributed by atoms with E-state index in [9.17, 15) is 4.79 Å². The Morgan fingerprint density at radius 2 is 1.83 bits per heavy atom. The zero-order valence-corrected chi connectivity index (χ0v) is 13.9. The van der Waals surface area contributed by atoms with Crippen LogP contribution in [0.4, 0.5) is 5.69 Å². The number of benzene rings is 2. The number of rotatable bonds is 6. The molecule has 2 aromatic carbocycles. The lowest BCUT2D eigenvalue weighted by Gasteiger charge is -2.11. The van der Waals surface area contributed by atoms with Crippen LogP contribution in [0.3, 0.4) is 0 Å². The normalized spacial score (nSPS) is 11.7. The number of hydrogen-bond donors (Lipinski definition) is 2. The first-order valence-electron chi connectivity index (χ1n) is 7.50. The van der Waals surface area contributed by atoms with Crippen LogP contribution < -0.4 is 10.1 Å². The molecule has 1 atom stereocenters. The van der Waals surface area contributed by atoms with E-state index in [0.29, 0.717) is 0 Å². The molecule has 0 fully saturated rings. The second-order valence-corrected chi connectivity index (χ2v) is 6.41. The Balaban J connectivity index is 1.56. The average molecular weight is 339 g/mol. The molecule has 6 heteroatoms. The summed E-state index contributed by atoms with van der Waals surface area (Å²) in [6, 6.07) is 16.9. The zero-order chi connectivity index (χ0) is 16.8. The summed E-state index contributed by atoms with van der Waals surface area (Å²) in [6.07, 6.45) is 3.40. The largest absolute Gasteiger partial charge is 0.457 e. The summed E-state index contributed by atoms with van der Waals surface area (Å²) in [4.78, 5) is 19.3. The van der Waals surface area contributed by atoms with E-state index in [1.807, 2.05) is 61.5 Å². The molecular formula is C18H17N3O2S. The van der Waals surface area contributed by atoms with Crippen molar-refractivity contribution in [2.75, 3.05) is 5.32 Å². The third kappa shape index (κ3) is 4.39. The maximum absolute atomic E-state index is 12.2. The Labute approximate surface area is 144 Å². The van der Waals surface area contributed by atoms with E-state index >= 15 is 0 Å². The van der Waals surface area contributed by atoms with Gasteiger partial charge in [0.25, 0.3) is 0 Å². The van der Waals surface area contributed by atoms with E-state index < -0.39 is 0 Å². The number of ether oxygens (including phenoxy) is 1. The van der Waals surface area contributed by atoms with Gasteiger partial charge in [-0.3, -0.25) is 4.79 Å². The monoisotopic (exact) mass is 339 g/mol. The molecule has 0 aliphatic rings. The lowest BCUT2D eigenvalue weighted by molar-refractivity contribution is -0.115. The van der Waals surface area contributed by atoms with Gasteiger partial charge in [-0.1, -0.05) is 30.0 Å². The average Bonchev–Trinajstić information content (AvgIpc) is 3.10. The van der Waals surface area contributed by atoms with Crippen LogP contribution in [-0.4, -0.2) is 21.1 Å². The number of thioether (sulfide) groups is 1. The second-order valence-electron chi connectivity index (χ2n) is 5.08. The van der Waals surface area contributed by atoms with E-state index in [4.69, 9.17) is 4.74 Å². The zero-order valence-electron chi connectivity index (χ0n) is 13.1. The van der Waals surface area contributed by atoms with Gasteiger partial charge in [-0.15, -0.1) is 0 Å². The molecule has 0 aliphatic heterocycles. The van der Waals surface area contributed by atoms with Gasteiger partial charge in [0, 0.05) is 18.1 Å². The molecule has 1 aromatic heterocycles. The predicted molar refractivity (Wildman–Crippen MR) is 95.5 cm³/mol. The van der Waals surface area contributed by atoms with Crippen molar-refractivity contribution in [3.05, 3.63) is 67.0 Å². The molecule has 1 unspecified atom stereocenters. The molecule has 2 N–H and O–H groups in total. The number of nitrogens with one attached hydrogen (secondary N) is 2. The van der Waals surface area contributed by atoms with Gasteiger partial charge in [-0.05, 0) is 43.3 Å². The minimum atomic E-state index is -0.253. The molecule has 5 nitrogen and oxygen atoms in total. The maximum atomic E-state index is 12.2. The quantitative estimate of drug-likeness (QED) is 0.656. The maximum Gasteiger partial charge on any atom is 0.237 e. The molecule has 24 heavy (non-hydrogen) atoms. The van der Waals surface area contributed by atoms with Crippen molar-refractivity contribution >= 4 is 23.4 Å². The number of aromatic amines is 1. The highest BCUT2D eigenvalue weighted by atomic mass is 32.2. The van der Waals surface area contributed by atoms with E-state index in [1.165, 1.54) is 11.8 Å². The van der Waals surface area contributed by atoms with Crippen LogP contribution >= 0.6 is 11.8 Å². The fourth-order valence-corrected chi connectivity index (χ4v) is 2.77. The molecule has 1 amide bonds. The number of carbonyl (C=O) groups excluding carboxylic acids is 1. The number of para-hydroxylation sites is 1. The Hall–Kier alpha value is -2.73. The minimum Gasteiger partial charge on any atom is -0.457 e. The first kappa shape index (κ1) is 16.1. The van der Waals surface area contributed by atoms with Crippen LogP contribution in [0.2, 0.25) is 0 Å². The van der Waals surface area contributed by atoms with Crippen molar-refractivity contribution in [2.45, 2.75) is 17.3 Å². The number of imidazole rings is 1. The van der Waals surface area contributed by atoms with Crippen molar-refractivity contribution in [3.8, 4) is 11.5 Å². The Kier molecular flexibility index (Phi) is 5.18. The highest BCUT2D eigenvalue weighted by Gasteiger charge is 2.15. The number of H-pyrrole nitrogens is 1. The SMILES string of the molecule is CC(Sc1ncc[nH]1)C(=O)Nc1ccc(Oc2ccccc2)cc1. The summed E-state index contributed by atoms with van der Waals surface area (Å²) in [5.41, 5.74) is 0.729. The van der Waals surface area contributed by atoms with Gasteiger partial charge < -0.3 is 15.0 Å². The number of hydrogen-bond acceptors (Lipinski definition) is 4. The first-order chi connectivity index (χ1) is 11.7. The van der Waals surface area contributed by atoms with Gasteiger partial charge in [-0.25, -0.2) is 4.98 Å². The number of nitrogens with zero attached hydrogens (tertiary/aromatic N) is 1. The molecule has 0 spiro atoms. The Bertz CT molecular complexity index is 774. The fraction of sp³-hybridized carbons (Fsp3) is 0.111. The summed E-state index contributed by atoms with van der Waals surface area (Å²) in [6.45, 7) is 1.84. The molecule has 0 radical (unpaired) electrons. The smallest absolute Gasteiger partial charge is 0.237 e. The predicted octanol–water partition coefficient (Wildman–Crippen LogP) is 4.32. The van der Waals surface area contributed by atoms with Gasteiger partial charge in [-0.2, -0.15) is 0 Å². The first-order valence-corrected chi connectivity index (χ1v) is 8.38. The molecule has 1 heterocycles. The van der Waals surface area contributed by atoms with Crippen LogP contribution in [0, 0.1) is 0 Å². The summed E-state index contributed by atoms with van der Waals surface area (Å²) >= 11 is 1.38. The van der Waals surface area contributed by atoms with E-state index in [2.05, 4.69) is 15.3 Å². The molecule has 0 aliphatic carbocycles. The minimum absolute atomic E-state index is 0.0758. The number of aromatic nitrogens is 2. The molecule has 0 bridgehead atoms. The highest BCUT2D eigenvalue weighted by Crippen LogP contribution is 2.24. The summed E-state index contributed by atoms with van der Waals surface area (Å²) < 4.78 is 5.73. The van der Waals surface area contributed by atoms with Crippen LogP contribution in [0.15, 0.2) is 72.1 Å². The van der Waals surface area contributed by atoms with Gasteiger partial charge in [0.15, 0.2) is 5.16 Å². The highest BCUT2D eigenvalue weighted by molar-refractivity contribution is 8.00. The molecular weight excluding hydrogens is 322 g/mol. The lowest BCUT2D eigenvalue weighted by Crippen LogP contribution is -2.22. The number of carbonyl (C=O) groups is 1. The van der Waals surface area contributed by atoms with E-state index in [-0.39, 0.29) is 11.2 Å². The number of anilines is 1. The van der Waals surface area contributed by atoms with Crippen LogP contribution in [-0.2, 0) is 4.79 Å². The Morgan fingerprint density at radius 3 is 2.50 bits per heavy atom. The van der Waals surface area contributed by atoms with Crippen LogP contribution in [0.25, 0.3) is 0 Å². The topological polar surface area (TPSA) is 67.0 Å². The molecule has 0 saturated heterocycles. The van der Waals surface area contributed by atoms with Crippen LogP contribution in [0.1, 0.15) is 6.92 Å². The Morgan fingerprint density at radius 1 is 1.12 bits per heavy atom. The third-order valence-corrected chi connectivity index (χ3v) is 4.25. The molecule has 122 valence electrons. The second kappa shape index (κ2) is 7.70. The van der Waals surface area contributed by atoms with Gasteiger partial charge in [0.05, 0.1) is 5.25 Å². The van der Waals surface area contributed by atoms with Gasteiger partial charge in [0.1, 0.15) is 11.5 Å². The summed E-state index contributed by atoms with van der Waals surface area (Å²) in [5.74, 6) is 1.42. The summed E-state index contributed by atoms with van der Waals surface area (Å²) in [7, 11) is 0. The summed E-state index contributed by atoms with van der Waals surface area (Å²) in [5, 5.41) is 3.36. The third-order valence-electron chi connectivity index (χ3n) is 3.23. The lowest BCUT2D eigenvalue weighted by atomic mass is 10.3. The van der Waals surface area contributed by atoms with E-state index in [0.717, 1.165) is 22.3 Å². The van der Waals surface area contributed by atoms with Crippen molar-refractivity contribution in [3.63, 3.8) is 0 Å². The molecule has 3 rings (SSSR count). The van der Waals surface area contributed by atoms with Gasteiger partial charge >= 0.3 is 0 Å². The standard InChI is InChI=1S/C18H17N3O2S/c1-13(24-18-19-11-12-20-18)17(22)21-14-7-9-16(10-8-14)23-15-5-3-2-4-6-15/h2-13H,1H3,(H,19,20)(H,21,22). The van der Waals surface area contributed by atoms with Crippen molar-refractivity contribution in [1.82, 2.24) is 9.97 Å². The number of amides is 1. The van der Waals surface area contributed by atoms with E-state index in [1.54, 1.807) is 12.4 Å². The fourth-order valence-electron chi connectivity index (χ4n) is 2.01. The van der Waals surface area contributed by atoms with Crippen molar-refractivity contribution in [2.24, 2.45) is 0 Å². The molecule has 3 aromatic rings. The van der Waals surface area contributed by atoms with Gasteiger partial charge in [0.2, 0.25) is 5.91 Å². The van der Waals surface area contributed by atoms with Crippen LogP contribution in [0.5, 0.6) is 11.5 Å². The molecule has 0 saturated carbocycles. The van der Waals surface area contributed by atoms with Crippen molar-refractivity contribution < 1.29 is 9.53 Å².